The van der Waals surface area contributed by atoms with Crippen molar-refractivity contribution >= 4 is 17.9 Å². The van der Waals surface area contributed by atoms with Gasteiger partial charge in [-0.1, -0.05) is 278 Å². The molecule has 0 N–H and O–H groups in total. The van der Waals surface area contributed by atoms with Crippen molar-refractivity contribution in [3.05, 3.63) is 0 Å². The van der Waals surface area contributed by atoms with Gasteiger partial charge < -0.3 is 14.2 Å². The molecule has 368 valence electrons. The fourth-order valence-electron chi connectivity index (χ4n) is 8.57. The molecule has 62 heavy (non-hydrogen) atoms. The molecule has 0 heterocycles. The Hall–Kier alpha value is -1.59. The largest absolute Gasteiger partial charge is 0.462 e. The summed E-state index contributed by atoms with van der Waals surface area (Å²) in [6, 6.07) is 0. The van der Waals surface area contributed by atoms with E-state index in [1.54, 1.807) is 0 Å². The SMILES string of the molecule is CCCCCCCCCCCCCCCCCCCC(=O)O[C@H](COC(=O)CCCCCCCCCCCCCC)COC(=O)CCCCCCCCCCCCCCC(C)C. The lowest BCUT2D eigenvalue weighted by Gasteiger charge is -2.18. The highest BCUT2D eigenvalue weighted by molar-refractivity contribution is 5.71. The van der Waals surface area contributed by atoms with Crippen LogP contribution in [0.15, 0.2) is 0 Å². The first-order valence-corrected chi connectivity index (χ1v) is 27.9. The topological polar surface area (TPSA) is 78.9 Å². The molecule has 6 heteroatoms. The third kappa shape index (κ3) is 49.4. The second kappa shape index (κ2) is 50.4. The summed E-state index contributed by atoms with van der Waals surface area (Å²) < 4.78 is 16.9. The van der Waals surface area contributed by atoms with E-state index in [1.807, 2.05) is 0 Å². The third-order valence-electron chi connectivity index (χ3n) is 12.8. The molecule has 0 aromatic rings. The van der Waals surface area contributed by atoms with Gasteiger partial charge in [0.2, 0.25) is 0 Å². The summed E-state index contributed by atoms with van der Waals surface area (Å²) in [7, 11) is 0. The van der Waals surface area contributed by atoms with Gasteiger partial charge >= 0.3 is 17.9 Å². The molecular weight excluding hydrogens is 769 g/mol. The summed E-state index contributed by atoms with van der Waals surface area (Å²) in [6.07, 6.45) is 53.7. The van der Waals surface area contributed by atoms with Gasteiger partial charge in [0.15, 0.2) is 6.10 Å². The average molecular weight is 877 g/mol. The number of esters is 3. The minimum atomic E-state index is -0.761. The highest BCUT2D eigenvalue weighted by atomic mass is 16.6. The quantitative estimate of drug-likeness (QED) is 0.0344. The predicted molar refractivity (Wildman–Crippen MR) is 266 cm³/mol. The van der Waals surface area contributed by atoms with Crippen LogP contribution < -0.4 is 0 Å². The molecule has 0 aliphatic heterocycles. The monoisotopic (exact) mass is 877 g/mol. The van der Waals surface area contributed by atoms with Gasteiger partial charge in [-0.15, -0.1) is 0 Å². The van der Waals surface area contributed by atoms with Crippen molar-refractivity contribution in [2.75, 3.05) is 13.2 Å². The van der Waals surface area contributed by atoms with E-state index >= 15 is 0 Å². The molecule has 0 aromatic carbocycles. The van der Waals surface area contributed by atoms with E-state index in [9.17, 15) is 14.4 Å². The Morgan fingerprint density at radius 1 is 0.306 bits per heavy atom. The summed E-state index contributed by atoms with van der Waals surface area (Å²) in [4.78, 5) is 38.0. The molecule has 0 spiro atoms. The van der Waals surface area contributed by atoms with Gasteiger partial charge in [0.25, 0.3) is 0 Å². The van der Waals surface area contributed by atoms with Gasteiger partial charge in [-0.25, -0.2) is 0 Å². The zero-order valence-electron chi connectivity index (χ0n) is 42.3. The average Bonchev–Trinajstić information content (AvgIpc) is 3.26. The van der Waals surface area contributed by atoms with E-state index in [0.717, 1.165) is 63.7 Å². The second-order valence-electron chi connectivity index (χ2n) is 19.7. The number of hydrogen-bond donors (Lipinski definition) is 0. The highest BCUT2D eigenvalue weighted by Crippen LogP contribution is 2.18. The molecule has 1 atom stereocenters. The lowest BCUT2D eigenvalue weighted by Crippen LogP contribution is -2.30. The van der Waals surface area contributed by atoms with E-state index in [0.29, 0.717) is 19.3 Å². The van der Waals surface area contributed by atoms with Gasteiger partial charge in [-0.2, -0.15) is 0 Å². The number of hydrogen-bond acceptors (Lipinski definition) is 6. The van der Waals surface area contributed by atoms with E-state index in [4.69, 9.17) is 14.2 Å². The highest BCUT2D eigenvalue weighted by Gasteiger charge is 2.19. The van der Waals surface area contributed by atoms with Crippen LogP contribution in [0, 0.1) is 5.92 Å². The van der Waals surface area contributed by atoms with Crippen LogP contribution >= 0.6 is 0 Å². The summed E-state index contributed by atoms with van der Waals surface area (Å²) in [5.74, 6) is -0.00466. The summed E-state index contributed by atoms with van der Waals surface area (Å²) in [5, 5.41) is 0. The maximum Gasteiger partial charge on any atom is 0.306 e. The summed E-state index contributed by atoms with van der Waals surface area (Å²) in [5.41, 5.74) is 0. The van der Waals surface area contributed by atoms with Gasteiger partial charge in [-0.3, -0.25) is 14.4 Å². The van der Waals surface area contributed by atoms with E-state index in [-0.39, 0.29) is 31.1 Å². The summed E-state index contributed by atoms with van der Waals surface area (Å²) >= 11 is 0. The van der Waals surface area contributed by atoms with E-state index in [1.165, 1.54) is 212 Å². The van der Waals surface area contributed by atoms with Crippen LogP contribution in [0.2, 0.25) is 0 Å². The van der Waals surface area contributed by atoms with Gasteiger partial charge in [-0.05, 0) is 25.2 Å². The fraction of sp³-hybridized carbons (Fsp3) is 0.946. The Bertz CT molecular complexity index is 933. The molecule has 0 fully saturated rings. The Morgan fingerprint density at radius 3 is 0.790 bits per heavy atom. The molecular formula is C56H108O6. The van der Waals surface area contributed by atoms with Crippen molar-refractivity contribution in [1.82, 2.24) is 0 Å². The van der Waals surface area contributed by atoms with Crippen molar-refractivity contribution in [2.24, 2.45) is 5.92 Å². The van der Waals surface area contributed by atoms with Gasteiger partial charge in [0, 0.05) is 19.3 Å². The number of carbonyl (C=O) groups is 3. The molecule has 0 radical (unpaired) electrons. The summed E-state index contributed by atoms with van der Waals surface area (Å²) in [6.45, 7) is 9.05. The van der Waals surface area contributed by atoms with E-state index in [2.05, 4.69) is 27.7 Å². The normalized spacial score (nSPS) is 12.0. The first-order chi connectivity index (χ1) is 30.4. The van der Waals surface area contributed by atoms with Crippen LogP contribution in [0.1, 0.15) is 317 Å². The maximum atomic E-state index is 12.8. The first-order valence-electron chi connectivity index (χ1n) is 27.9. The zero-order valence-corrected chi connectivity index (χ0v) is 42.3. The van der Waals surface area contributed by atoms with Crippen molar-refractivity contribution < 1.29 is 28.6 Å². The molecule has 0 amide bonds. The van der Waals surface area contributed by atoms with Crippen molar-refractivity contribution in [3.63, 3.8) is 0 Å². The van der Waals surface area contributed by atoms with Crippen molar-refractivity contribution in [2.45, 2.75) is 323 Å². The van der Waals surface area contributed by atoms with Crippen LogP contribution in [0.5, 0.6) is 0 Å². The Balaban J connectivity index is 4.29. The van der Waals surface area contributed by atoms with Crippen LogP contribution in [-0.2, 0) is 28.6 Å². The van der Waals surface area contributed by atoms with Crippen LogP contribution in [0.3, 0.4) is 0 Å². The molecule has 0 aliphatic carbocycles. The smallest absolute Gasteiger partial charge is 0.306 e. The van der Waals surface area contributed by atoms with Crippen LogP contribution in [0.25, 0.3) is 0 Å². The molecule has 0 rings (SSSR count). The van der Waals surface area contributed by atoms with Gasteiger partial charge in [0.1, 0.15) is 13.2 Å². The lowest BCUT2D eigenvalue weighted by atomic mass is 10.0. The molecule has 6 nitrogen and oxygen atoms in total. The Kier molecular flexibility index (Phi) is 49.1. The molecule has 0 aliphatic rings. The molecule has 0 unspecified atom stereocenters. The zero-order chi connectivity index (χ0) is 45.2. The Morgan fingerprint density at radius 2 is 0.532 bits per heavy atom. The molecule has 0 aromatic heterocycles. The number of ether oxygens (including phenoxy) is 3. The lowest BCUT2D eigenvalue weighted by molar-refractivity contribution is -0.167. The van der Waals surface area contributed by atoms with E-state index < -0.39 is 6.10 Å². The Labute approximate surface area is 387 Å². The number of unbranched alkanes of at least 4 members (excludes halogenated alkanes) is 38. The van der Waals surface area contributed by atoms with Crippen LogP contribution in [-0.4, -0.2) is 37.2 Å². The maximum absolute atomic E-state index is 12.8. The minimum absolute atomic E-state index is 0.0622. The molecule has 0 saturated heterocycles. The third-order valence-corrected chi connectivity index (χ3v) is 12.8. The molecule has 0 saturated carbocycles. The second-order valence-corrected chi connectivity index (χ2v) is 19.7. The van der Waals surface area contributed by atoms with Crippen molar-refractivity contribution in [3.8, 4) is 0 Å². The standard InChI is InChI=1S/C56H108O6/c1-5-7-9-11-13-15-17-19-20-21-22-23-29-33-37-41-45-49-56(59)62-53(50-60-54(57)47-43-39-35-31-27-18-16-14-12-10-8-6-2)51-61-55(58)48-44-40-36-32-28-25-24-26-30-34-38-42-46-52(3)4/h52-53H,5-51H2,1-4H3/t53-/m1/s1. The van der Waals surface area contributed by atoms with Crippen molar-refractivity contribution in [1.29, 1.82) is 0 Å². The molecule has 0 bridgehead atoms. The number of rotatable bonds is 51. The number of carbonyl (C=O) groups excluding carboxylic acids is 3. The fourth-order valence-corrected chi connectivity index (χ4v) is 8.57. The van der Waals surface area contributed by atoms with Crippen LogP contribution in [0.4, 0.5) is 0 Å². The van der Waals surface area contributed by atoms with Gasteiger partial charge in [0.05, 0.1) is 0 Å². The minimum Gasteiger partial charge on any atom is -0.462 e. The first kappa shape index (κ1) is 60.4. The predicted octanol–water partition coefficient (Wildman–Crippen LogP) is 18.2.